The lowest BCUT2D eigenvalue weighted by Crippen LogP contribution is -2.15. The fraction of sp³-hybridized carbons (Fsp3) is 0.435. The first-order chi connectivity index (χ1) is 24.7. The van der Waals surface area contributed by atoms with Crippen molar-refractivity contribution >= 4 is 23.2 Å². The molecule has 2 amide bonds. The van der Waals surface area contributed by atoms with Gasteiger partial charge in [-0.25, -0.2) is 0 Å². The summed E-state index contributed by atoms with van der Waals surface area (Å²) in [6.07, 6.45) is 11.2. The topological polar surface area (TPSA) is 87.7 Å². The van der Waals surface area contributed by atoms with Crippen molar-refractivity contribution in [2.75, 3.05) is 17.2 Å². The van der Waals surface area contributed by atoms with Gasteiger partial charge in [-0.05, 0) is 151 Å². The van der Waals surface area contributed by atoms with Gasteiger partial charge in [-0.15, -0.1) is 0 Å². The number of hydrogen-bond donors (Lipinski definition) is 3. The molecule has 0 bridgehead atoms. The van der Waals surface area contributed by atoms with Crippen LogP contribution in [0.4, 0.5) is 11.4 Å². The van der Waals surface area contributed by atoms with Crippen molar-refractivity contribution in [1.82, 2.24) is 0 Å². The third kappa shape index (κ3) is 10.1. The highest BCUT2D eigenvalue weighted by Gasteiger charge is 2.20. The predicted octanol–water partition coefficient (Wildman–Crippen LogP) is 11.1. The normalized spacial score (nSPS) is 14.4. The number of carbonyl (C=O) groups is 2. The summed E-state index contributed by atoms with van der Waals surface area (Å²) in [5.41, 5.74) is 10.2. The zero-order chi connectivity index (χ0) is 37.5. The van der Waals surface area contributed by atoms with E-state index in [9.17, 15) is 14.7 Å². The highest BCUT2D eigenvalue weighted by Crippen LogP contribution is 2.32. The van der Waals surface area contributed by atoms with Gasteiger partial charge >= 0.3 is 0 Å². The molecule has 0 aromatic heterocycles. The van der Waals surface area contributed by atoms with E-state index in [0.29, 0.717) is 23.5 Å². The molecule has 6 nitrogen and oxygen atoms in total. The maximum Gasteiger partial charge on any atom is 0.259 e. The van der Waals surface area contributed by atoms with Crippen molar-refractivity contribution in [2.45, 2.75) is 124 Å². The number of hydrogen-bond acceptors (Lipinski definition) is 4. The highest BCUT2D eigenvalue weighted by molar-refractivity contribution is 6.07. The van der Waals surface area contributed by atoms with Crippen LogP contribution in [0.1, 0.15) is 141 Å². The largest absolute Gasteiger partial charge is 0.507 e. The summed E-state index contributed by atoms with van der Waals surface area (Å²) in [6, 6.07) is 23.8. The van der Waals surface area contributed by atoms with Crippen LogP contribution >= 0.6 is 0 Å². The van der Waals surface area contributed by atoms with Gasteiger partial charge in [0.2, 0.25) is 0 Å². The number of aryl methyl sites for hydroxylation is 4. The number of fused-ring (bicyclic) bond motifs is 2. The number of phenols is 1. The number of amides is 2. The average molecular weight is 703 g/mol. The minimum Gasteiger partial charge on any atom is -0.507 e. The Morgan fingerprint density at radius 1 is 0.577 bits per heavy atom. The molecule has 0 unspecified atom stereocenters. The van der Waals surface area contributed by atoms with Crippen LogP contribution in [0.15, 0.2) is 72.8 Å². The van der Waals surface area contributed by atoms with Crippen molar-refractivity contribution in [3.63, 3.8) is 0 Å². The second kappa shape index (κ2) is 16.8. The summed E-state index contributed by atoms with van der Waals surface area (Å²) < 4.78 is 5.81. The number of aromatic hydroxyl groups is 1. The smallest absolute Gasteiger partial charge is 0.259 e. The lowest BCUT2D eigenvalue weighted by Gasteiger charge is -2.19. The van der Waals surface area contributed by atoms with Crippen molar-refractivity contribution in [2.24, 2.45) is 0 Å². The number of anilines is 2. The third-order valence-corrected chi connectivity index (χ3v) is 10.2. The van der Waals surface area contributed by atoms with E-state index in [1.807, 2.05) is 55.5 Å². The molecule has 0 atom stereocenters. The monoisotopic (exact) mass is 702 g/mol. The van der Waals surface area contributed by atoms with Crippen LogP contribution in [0.2, 0.25) is 0 Å². The second-order valence-electron chi connectivity index (χ2n) is 16.4. The molecule has 6 rings (SSSR count). The minimum absolute atomic E-state index is 0.0736. The first-order valence-electron chi connectivity index (χ1n) is 19.2. The molecule has 2 aliphatic rings. The fourth-order valence-electron chi connectivity index (χ4n) is 7.03. The van der Waals surface area contributed by atoms with Crippen LogP contribution < -0.4 is 15.4 Å². The molecule has 0 heterocycles. The summed E-state index contributed by atoms with van der Waals surface area (Å²) >= 11 is 0. The number of carbonyl (C=O) groups excluding carboxylic acids is 2. The number of phenolic OH excluding ortho intramolecular Hbond substituents is 1. The van der Waals surface area contributed by atoms with Crippen molar-refractivity contribution < 1.29 is 19.4 Å². The summed E-state index contributed by atoms with van der Waals surface area (Å²) in [5, 5.41) is 16.2. The third-order valence-electron chi connectivity index (χ3n) is 10.2. The Bertz CT molecular complexity index is 1840. The van der Waals surface area contributed by atoms with Gasteiger partial charge in [-0.1, -0.05) is 78.6 Å². The van der Waals surface area contributed by atoms with Crippen molar-refractivity contribution in [3.8, 4) is 11.5 Å². The van der Waals surface area contributed by atoms with Gasteiger partial charge in [0.15, 0.2) is 0 Å². The van der Waals surface area contributed by atoms with Crippen LogP contribution in [0.25, 0.3) is 0 Å². The highest BCUT2D eigenvalue weighted by atomic mass is 16.5. The van der Waals surface area contributed by atoms with Gasteiger partial charge in [0.1, 0.15) is 11.5 Å². The molecule has 4 aromatic carbocycles. The molecule has 0 spiro atoms. The molecule has 6 heteroatoms. The summed E-state index contributed by atoms with van der Waals surface area (Å²) in [7, 11) is 0. The second-order valence-corrected chi connectivity index (χ2v) is 16.4. The summed E-state index contributed by atoms with van der Waals surface area (Å²) in [5.74, 6) is 0.411. The predicted molar refractivity (Wildman–Crippen MR) is 214 cm³/mol. The summed E-state index contributed by atoms with van der Waals surface area (Å²) in [4.78, 5) is 25.6. The van der Waals surface area contributed by atoms with Gasteiger partial charge in [0, 0.05) is 11.4 Å². The molecule has 2 aliphatic carbocycles. The van der Waals surface area contributed by atoms with E-state index < -0.39 is 0 Å². The molecular formula is C46H58N2O4. The zero-order valence-electron chi connectivity index (χ0n) is 32.4. The van der Waals surface area contributed by atoms with Crippen LogP contribution in [0, 0.1) is 0 Å². The van der Waals surface area contributed by atoms with Gasteiger partial charge in [-0.3, -0.25) is 9.59 Å². The number of rotatable bonds is 6. The Balaban J connectivity index is 0.000000202. The van der Waals surface area contributed by atoms with Crippen molar-refractivity contribution in [1.29, 1.82) is 0 Å². The fourth-order valence-corrected chi connectivity index (χ4v) is 7.03. The van der Waals surface area contributed by atoms with E-state index in [1.165, 1.54) is 59.1 Å². The van der Waals surface area contributed by atoms with Gasteiger partial charge in [0.05, 0.1) is 17.7 Å². The van der Waals surface area contributed by atoms with Crippen molar-refractivity contribution in [3.05, 3.63) is 117 Å². The average Bonchev–Trinajstić information content (AvgIpc) is 3.47. The molecule has 0 fully saturated rings. The molecule has 0 saturated heterocycles. The lowest BCUT2D eigenvalue weighted by atomic mass is 9.87. The molecule has 0 aliphatic heterocycles. The maximum absolute atomic E-state index is 13.0. The molecule has 276 valence electrons. The Hall–Kier alpha value is -4.58. The van der Waals surface area contributed by atoms with Gasteiger partial charge < -0.3 is 20.5 Å². The Morgan fingerprint density at radius 2 is 0.962 bits per heavy atom. The molecule has 3 N–H and O–H groups in total. The maximum atomic E-state index is 13.0. The quantitative estimate of drug-likeness (QED) is 0.175. The Labute approximate surface area is 311 Å². The lowest BCUT2D eigenvalue weighted by molar-refractivity contribution is 0.101. The van der Waals surface area contributed by atoms with Crippen LogP contribution in [-0.4, -0.2) is 23.5 Å². The van der Waals surface area contributed by atoms with E-state index in [4.69, 9.17) is 4.74 Å². The number of ether oxygens (including phenoxy) is 1. The van der Waals surface area contributed by atoms with E-state index in [1.54, 1.807) is 6.07 Å². The standard InChI is InChI=1S/C24H31NO2.C22H27NO2/c1-5-27-22-16-18-10-8-6-7-9-17(18)15-21(22)23(26)25-20-13-11-19(12-14-20)24(2,3)4;1-22(2,3)17-9-11-18(12-10-17)23-21(25)19-13-15-7-5-4-6-8-16(15)14-20(19)24/h11-16H,5-10H2,1-4H3,(H,25,26);9-14,24H,4-8H2,1-3H3,(H,23,25). The van der Waals surface area contributed by atoms with Gasteiger partial charge in [0.25, 0.3) is 11.8 Å². The molecular weight excluding hydrogens is 645 g/mol. The molecule has 52 heavy (non-hydrogen) atoms. The number of benzene rings is 4. The van der Waals surface area contributed by atoms with Gasteiger partial charge in [-0.2, -0.15) is 0 Å². The molecule has 0 saturated carbocycles. The Kier molecular flexibility index (Phi) is 12.5. The summed E-state index contributed by atoms with van der Waals surface area (Å²) in [6.45, 7) is 15.6. The van der Waals surface area contributed by atoms with Crippen LogP contribution in [0.3, 0.4) is 0 Å². The first kappa shape index (κ1) is 38.6. The first-order valence-corrected chi connectivity index (χ1v) is 19.2. The van der Waals surface area contributed by atoms with Crippen LogP contribution in [0.5, 0.6) is 11.5 Å². The molecule has 0 radical (unpaired) electrons. The minimum atomic E-state index is -0.256. The molecule has 4 aromatic rings. The zero-order valence-corrected chi connectivity index (χ0v) is 32.4. The van der Waals surface area contributed by atoms with Crippen LogP contribution in [-0.2, 0) is 36.5 Å². The Morgan fingerprint density at radius 3 is 1.38 bits per heavy atom. The van der Waals surface area contributed by atoms with E-state index in [2.05, 4.69) is 70.4 Å². The SMILES string of the molecule is CC(C)(C)c1ccc(NC(=O)c2cc3c(cc2O)CCCCC3)cc1.CCOc1cc2c(cc1C(=O)Nc1ccc(C(C)(C)C)cc1)CCCCC2. The van der Waals surface area contributed by atoms with E-state index >= 15 is 0 Å². The van der Waals surface area contributed by atoms with E-state index in [-0.39, 0.29) is 28.4 Å². The number of nitrogens with one attached hydrogen (secondary N) is 2. The van der Waals surface area contributed by atoms with E-state index in [0.717, 1.165) is 49.9 Å².